The molecule has 2 aliphatic rings. The molecule has 0 spiro atoms. The van der Waals surface area contributed by atoms with Gasteiger partial charge in [0.1, 0.15) is 5.60 Å². The molecular weight excluding hydrogens is 212 g/mol. The molecule has 2 nitrogen and oxygen atoms in total. The van der Waals surface area contributed by atoms with Crippen LogP contribution in [0.25, 0.3) is 0 Å². The van der Waals surface area contributed by atoms with Gasteiger partial charge in [0.15, 0.2) is 0 Å². The van der Waals surface area contributed by atoms with Crippen molar-refractivity contribution in [2.75, 3.05) is 0 Å². The average Bonchev–Trinajstić information content (AvgIpc) is 2.89. The van der Waals surface area contributed by atoms with Crippen molar-refractivity contribution in [2.24, 2.45) is 17.3 Å². The van der Waals surface area contributed by atoms with Gasteiger partial charge in [-0.15, -0.1) is 0 Å². The van der Waals surface area contributed by atoms with Crippen LogP contribution >= 0.6 is 0 Å². The second kappa shape index (κ2) is 4.15. The van der Waals surface area contributed by atoms with Gasteiger partial charge in [-0.05, 0) is 45.4 Å². The molecule has 2 rings (SSSR count). The van der Waals surface area contributed by atoms with Gasteiger partial charge < -0.3 is 4.74 Å². The molecule has 3 unspecified atom stereocenters. The maximum absolute atomic E-state index is 12.2. The average molecular weight is 236 g/mol. The number of carbonyl (C=O) groups is 1. The number of ether oxygens (including phenoxy) is 1. The summed E-state index contributed by atoms with van der Waals surface area (Å²) in [5.41, 5.74) is -0.559. The van der Waals surface area contributed by atoms with E-state index >= 15 is 0 Å². The lowest BCUT2D eigenvalue weighted by atomic mass is 9.84. The topological polar surface area (TPSA) is 26.3 Å². The van der Waals surface area contributed by atoms with E-state index in [4.69, 9.17) is 4.74 Å². The molecule has 0 aromatic heterocycles. The minimum absolute atomic E-state index is 0.0252. The van der Waals surface area contributed by atoms with E-state index in [2.05, 4.69) is 19.1 Å². The number of carbonyl (C=O) groups excluding carboxylic acids is 1. The third-order valence-electron chi connectivity index (χ3n) is 4.79. The lowest BCUT2D eigenvalue weighted by Crippen LogP contribution is -2.42. The highest BCUT2D eigenvalue weighted by molar-refractivity contribution is 5.76. The van der Waals surface area contributed by atoms with Crippen LogP contribution in [0.4, 0.5) is 0 Å². The first-order valence-corrected chi connectivity index (χ1v) is 6.85. The normalized spacial score (nSPS) is 35.3. The summed E-state index contributed by atoms with van der Waals surface area (Å²) in [6.45, 7) is 8.13. The van der Waals surface area contributed by atoms with E-state index in [1.807, 2.05) is 20.8 Å². The maximum atomic E-state index is 12.2. The molecule has 2 heteroatoms. The second-order valence-corrected chi connectivity index (χ2v) is 6.24. The molecule has 0 amide bonds. The quantitative estimate of drug-likeness (QED) is 0.549. The van der Waals surface area contributed by atoms with Crippen molar-refractivity contribution in [1.82, 2.24) is 0 Å². The fraction of sp³-hybridized carbons (Fsp3) is 0.800. The number of hydrogen-bond donors (Lipinski definition) is 0. The van der Waals surface area contributed by atoms with Crippen molar-refractivity contribution in [3.63, 3.8) is 0 Å². The first-order valence-electron chi connectivity index (χ1n) is 6.85. The summed E-state index contributed by atoms with van der Waals surface area (Å²) in [4.78, 5) is 12.2. The minimum atomic E-state index is -0.353. The van der Waals surface area contributed by atoms with Gasteiger partial charge in [0.25, 0.3) is 0 Å². The zero-order valence-corrected chi connectivity index (χ0v) is 11.5. The Hall–Kier alpha value is -0.790. The zero-order chi connectivity index (χ0) is 12.7. The lowest BCUT2D eigenvalue weighted by molar-refractivity contribution is -0.174. The van der Waals surface area contributed by atoms with Crippen LogP contribution in [-0.4, -0.2) is 11.6 Å². The van der Waals surface area contributed by atoms with Crippen LogP contribution in [0.1, 0.15) is 53.4 Å². The van der Waals surface area contributed by atoms with Gasteiger partial charge in [-0.2, -0.15) is 0 Å². The van der Waals surface area contributed by atoms with Gasteiger partial charge in [-0.1, -0.05) is 26.0 Å². The van der Waals surface area contributed by atoms with Crippen molar-refractivity contribution >= 4 is 5.97 Å². The lowest BCUT2D eigenvalue weighted by Gasteiger charge is -2.37. The first kappa shape index (κ1) is 12.7. The Morgan fingerprint density at radius 1 is 1.41 bits per heavy atom. The van der Waals surface area contributed by atoms with E-state index in [1.165, 1.54) is 6.42 Å². The largest absolute Gasteiger partial charge is 0.458 e. The highest BCUT2D eigenvalue weighted by Gasteiger charge is 2.51. The van der Waals surface area contributed by atoms with Crippen molar-refractivity contribution in [1.29, 1.82) is 0 Å². The van der Waals surface area contributed by atoms with Gasteiger partial charge in [-0.3, -0.25) is 4.79 Å². The van der Waals surface area contributed by atoms with Crippen LogP contribution < -0.4 is 0 Å². The summed E-state index contributed by atoms with van der Waals surface area (Å²) in [7, 11) is 0. The Bertz CT molecular complexity index is 343. The Labute approximate surface area is 104 Å². The van der Waals surface area contributed by atoms with E-state index in [0.29, 0.717) is 11.8 Å². The molecule has 1 saturated carbocycles. The third-order valence-corrected chi connectivity index (χ3v) is 4.79. The molecule has 0 aromatic carbocycles. The van der Waals surface area contributed by atoms with Crippen LogP contribution in [0, 0.1) is 17.3 Å². The van der Waals surface area contributed by atoms with Crippen molar-refractivity contribution in [2.45, 2.75) is 59.0 Å². The predicted octanol–water partition coefficient (Wildman–Crippen LogP) is 3.71. The molecule has 3 atom stereocenters. The molecule has 0 saturated heterocycles. The molecule has 1 fully saturated rings. The molecule has 0 aliphatic heterocycles. The monoisotopic (exact) mass is 236 g/mol. The van der Waals surface area contributed by atoms with E-state index in [9.17, 15) is 4.79 Å². The van der Waals surface area contributed by atoms with Gasteiger partial charge in [0.2, 0.25) is 0 Å². The first-order chi connectivity index (χ1) is 7.93. The van der Waals surface area contributed by atoms with E-state index in [0.717, 1.165) is 19.3 Å². The third kappa shape index (κ3) is 2.02. The smallest absolute Gasteiger partial charge is 0.312 e. The van der Waals surface area contributed by atoms with Gasteiger partial charge in [-0.25, -0.2) is 0 Å². The van der Waals surface area contributed by atoms with Crippen molar-refractivity contribution < 1.29 is 9.53 Å². The summed E-state index contributed by atoms with van der Waals surface area (Å²) in [6.07, 6.45) is 8.50. The molecule has 0 N–H and O–H groups in total. The molecule has 96 valence electrons. The summed E-state index contributed by atoms with van der Waals surface area (Å²) in [5, 5.41) is 0. The van der Waals surface area contributed by atoms with Crippen molar-refractivity contribution in [3.8, 4) is 0 Å². The Morgan fingerprint density at radius 3 is 2.53 bits per heavy atom. The summed E-state index contributed by atoms with van der Waals surface area (Å²) >= 11 is 0. The zero-order valence-electron chi connectivity index (χ0n) is 11.5. The molecule has 2 bridgehead atoms. The summed E-state index contributed by atoms with van der Waals surface area (Å²) in [6, 6.07) is 0. The Morgan fingerprint density at radius 2 is 2.12 bits per heavy atom. The molecular formula is C15H24O2. The second-order valence-electron chi connectivity index (χ2n) is 6.24. The van der Waals surface area contributed by atoms with E-state index in [1.54, 1.807) is 0 Å². The van der Waals surface area contributed by atoms with E-state index in [-0.39, 0.29) is 17.0 Å². The maximum Gasteiger partial charge on any atom is 0.312 e. The van der Waals surface area contributed by atoms with Crippen LogP contribution in [-0.2, 0) is 9.53 Å². The molecule has 0 aromatic rings. The Balaban J connectivity index is 2.12. The van der Waals surface area contributed by atoms with Crippen molar-refractivity contribution in [3.05, 3.63) is 12.2 Å². The van der Waals surface area contributed by atoms with Crippen LogP contribution in [0.3, 0.4) is 0 Å². The molecule has 2 aliphatic carbocycles. The van der Waals surface area contributed by atoms with E-state index < -0.39 is 0 Å². The molecule has 0 heterocycles. The number of hydrogen-bond acceptors (Lipinski definition) is 2. The number of rotatable bonds is 4. The predicted molar refractivity (Wildman–Crippen MR) is 68.5 cm³/mol. The van der Waals surface area contributed by atoms with Gasteiger partial charge in [0.05, 0.1) is 5.41 Å². The van der Waals surface area contributed by atoms with Crippen LogP contribution in [0.2, 0.25) is 0 Å². The molecule has 0 radical (unpaired) electrons. The molecule has 17 heavy (non-hydrogen) atoms. The minimum Gasteiger partial charge on any atom is -0.458 e. The standard InChI is InChI=1S/C15H24O2/c1-5-14(3,4)13(16)17-15(6-2)10-11-7-8-12(15)9-11/h7-8,11-12H,5-6,9-10H2,1-4H3. The van der Waals surface area contributed by atoms with Crippen LogP contribution in [0.5, 0.6) is 0 Å². The Kier molecular flexibility index (Phi) is 3.09. The van der Waals surface area contributed by atoms with Crippen LogP contribution in [0.15, 0.2) is 12.2 Å². The summed E-state index contributed by atoms with van der Waals surface area (Å²) < 4.78 is 5.95. The number of allylic oxidation sites excluding steroid dienone is 1. The fourth-order valence-corrected chi connectivity index (χ4v) is 2.97. The van der Waals surface area contributed by atoms with Gasteiger partial charge in [0, 0.05) is 5.92 Å². The summed E-state index contributed by atoms with van der Waals surface area (Å²) in [5.74, 6) is 1.06. The highest BCUT2D eigenvalue weighted by Crippen LogP contribution is 2.50. The number of fused-ring (bicyclic) bond motifs is 2. The number of esters is 1. The SMILES string of the molecule is CCC(C)(C)C(=O)OC1(CC)CC2C=CC1C2. The highest BCUT2D eigenvalue weighted by atomic mass is 16.6. The fourth-order valence-electron chi connectivity index (χ4n) is 2.97. The van der Waals surface area contributed by atoms with Gasteiger partial charge >= 0.3 is 5.97 Å².